The minimum atomic E-state index is -0.0916. The third kappa shape index (κ3) is 4.37. The van der Waals surface area contributed by atoms with Crippen LogP contribution in [0.25, 0.3) is 5.69 Å². The fourth-order valence-corrected chi connectivity index (χ4v) is 3.76. The number of aromatic nitrogens is 5. The number of nitrogens with one attached hydrogen (secondary N) is 1. The fourth-order valence-electron chi connectivity index (χ4n) is 3.76. The molecule has 0 saturated heterocycles. The molecule has 1 aliphatic heterocycles. The van der Waals surface area contributed by atoms with Crippen molar-refractivity contribution in [2.24, 2.45) is 5.92 Å². The Morgan fingerprint density at radius 3 is 2.73 bits per heavy atom. The molecule has 2 aromatic heterocycles. The number of aryl methyl sites for hydroxylation is 2. The van der Waals surface area contributed by atoms with Gasteiger partial charge in [0.05, 0.1) is 6.33 Å². The van der Waals surface area contributed by atoms with E-state index in [2.05, 4.69) is 29.2 Å². The maximum absolute atomic E-state index is 12.7. The van der Waals surface area contributed by atoms with Crippen molar-refractivity contribution in [3.63, 3.8) is 0 Å². The van der Waals surface area contributed by atoms with E-state index in [9.17, 15) is 9.59 Å². The maximum Gasteiger partial charge on any atom is 0.345 e. The van der Waals surface area contributed by atoms with Crippen LogP contribution in [0.15, 0.2) is 47.8 Å². The number of rotatable bonds is 6. The van der Waals surface area contributed by atoms with Gasteiger partial charge in [-0.25, -0.2) is 14.5 Å². The molecule has 3 aromatic rings. The highest BCUT2D eigenvalue weighted by Crippen LogP contribution is 2.14. The summed E-state index contributed by atoms with van der Waals surface area (Å²) in [4.78, 5) is 29.4. The largest absolute Gasteiger partial charge is 0.349 e. The van der Waals surface area contributed by atoms with Gasteiger partial charge in [-0.2, -0.15) is 5.10 Å². The molecule has 158 valence electrons. The lowest BCUT2D eigenvalue weighted by molar-refractivity contribution is 0.0933. The van der Waals surface area contributed by atoms with Crippen molar-refractivity contribution in [3.8, 4) is 5.69 Å². The molecule has 0 spiro atoms. The van der Waals surface area contributed by atoms with Crippen molar-refractivity contribution in [2.75, 3.05) is 0 Å². The van der Waals surface area contributed by atoms with Gasteiger partial charge in [0.2, 0.25) is 0 Å². The molecular weight excluding hydrogens is 380 g/mol. The summed E-state index contributed by atoms with van der Waals surface area (Å²) in [5, 5.41) is 7.66. The molecule has 1 aromatic carbocycles. The predicted octanol–water partition coefficient (Wildman–Crippen LogP) is 2.41. The van der Waals surface area contributed by atoms with Crippen molar-refractivity contribution in [1.82, 2.24) is 29.2 Å². The first-order valence-corrected chi connectivity index (χ1v) is 10.6. The molecule has 1 amide bonds. The summed E-state index contributed by atoms with van der Waals surface area (Å²) < 4.78 is 5.25. The van der Waals surface area contributed by atoms with E-state index in [1.54, 1.807) is 21.8 Å². The molecule has 1 N–H and O–H groups in total. The third-order valence-corrected chi connectivity index (χ3v) is 5.60. The van der Waals surface area contributed by atoms with Gasteiger partial charge < -0.3 is 9.88 Å². The Kier molecular flexibility index (Phi) is 5.83. The molecule has 0 radical (unpaired) electrons. The highest BCUT2D eigenvalue weighted by atomic mass is 16.2. The summed E-state index contributed by atoms with van der Waals surface area (Å²) in [7, 11) is 0. The van der Waals surface area contributed by atoms with Crippen molar-refractivity contribution in [3.05, 3.63) is 64.9 Å². The quantitative estimate of drug-likeness (QED) is 0.679. The van der Waals surface area contributed by atoms with E-state index in [1.165, 1.54) is 0 Å². The first-order valence-electron chi connectivity index (χ1n) is 10.6. The maximum atomic E-state index is 12.7. The molecule has 0 fully saturated rings. The van der Waals surface area contributed by atoms with Crippen LogP contribution in [0.2, 0.25) is 0 Å². The van der Waals surface area contributed by atoms with Crippen LogP contribution in [0.3, 0.4) is 0 Å². The summed E-state index contributed by atoms with van der Waals surface area (Å²) in [6, 6.07) is 7.47. The van der Waals surface area contributed by atoms with Crippen LogP contribution in [-0.4, -0.2) is 35.8 Å². The molecule has 0 bridgehead atoms. The lowest BCUT2D eigenvalue weighted by Crippen LogP contribution is -2.35. The number of carbonyl (C=O) groups is 1. The molecule has 4 rings (SSSR count). The zero-order valence-electron chi connectivity index (χ0n) is 17.5. The van der Waals surface area contributed by atoms with Crippen molar-refractivity contribution in [1.29, 1.82) is 0 Å². The minimum absolute atomic E-state index is 0.0241. The van der Waals surface area contributed by atoms with Gasteiger partial charge in [0.1, 0.15) is 5.82 Å². The van der Waals surface area contributed by atoms with E-state index in [-0.39, 0.29) is 17.6 Å². The number of imidazole rings is 1. The van der Waals surface area contributed by atoms with Crippen molar-refractivity contribution >= 4 is 5.91 Å². The van der Waals surface area contributed by atoms with Gasteiger partial charge in [-0.1, -0.05) is 13.8 Å². The topological polar surface area (TPSA) is 86.7 Å². The van der Waals surface area contributed by atoms with Gasteiger partial charge in [0.15, 0.2) is 0 Å². The number of hydrogen-bond donors (Lipinski definition) is 1. The van der Waals surface area contributed by atoms with Crippen molar-refractivity contribution < 1.29 is 4.79 Å². The third-order valence-electron chi connectivity index (χ3n) is 5.60. The second kappa shape index (κ2) is 8.69. The number of benzene rings is 1. The normalized spacial score (nSPS) is 16.3. The minimum Gasteiger partial charge on any atom is -0.349 e. The Labute approximate surface area is 175 Å². The van der Waals surface area contributed by atoms with Gasteiger partial charge in [-0.15, -0.1) is 0 Å². The molecule has 8 nitrogen and oxygen atoms in total. The number of carbonyl (C=O) groups excluding carboxylic acids is 1. The monoisotopic (exact) mass is 408 g/mol. The van der Waals surface area contributed by atoms with E-state index in [1.807, 2.05) is 35.0 Å². The van der Waals surface area contributed by atoms with Crippen LogP contribution in [0.5, 0.6) is 0 Å². The Balaban J connectivity index is 1.37. The highest BCUT2D eigenvalue weighted by Gasteiger charge is 2.22. The van der Waals surface area contributed by atoms with E-state index in [0.717, 1.165) is 30.8 Å². The Morgan fingerprint density at radius 2 is 2.03 bits per heavy atom. The second-order valence-electron chi connectivity index (χ2n) is 8.27. The zero-order chi connectivity index (χ0) is 21.1. The van der Waals surface area contributed by atoms with Gasteiger partial charge >= 0.3 is 5.69 Å². The van der Waals surface area contributed by atoms with Crippen LogP contribution >= 0.6 is 0 Å². The standard InChI is InChI=1S/C22H28N6O2/c1-16(2)9-13-28-22(30)27-12-10-18(5-8-20(27)25-28)24-21(29)17-3-6-19(7-4-17)26-14-11-23-15-26/h3-4,6-7,11,14-16,18H,5,8-10,12-13H2,1-2H3,(H,24,29). The SMILES string of the molecule is CC(C)CCn1nc2n(c1=O)CCC(NC(=O)c1ccc(-n3ccnc3)cc1)CC2. The second-order valence-corrected chi connectivity index (χ2v) is 8.27. The van der Waals surface area contributed by atoms with E-state index in [0.29, 0.717) is 31.0 Å². The van der Waals surface area contributed by atoms with Crippen LogP contribution in [0.1, 0.15) is 49.3 Å². The van der Waals surface area contributed by atoms with E-state index >= 15 is 0 Å². The van der Waals surface area contributed by atoms with Gasteiger partial charge in [0, 0.05) is 49.2 Å². The zero-order valence-corrected chi connectivity index (χ0v) is 17.5. The van der Waals surface area contributed by atoms with Crippen molar-refractivity contribution in [2.45, 2.75) is 58.7 Å². The Morgan fingerprint density at radius 1 is 1.23 bits per heavy atom. The molecule has 1 unspecified atom stereocenters. The summed E-state index contributed by atoms with van der Waals surface area (Å²) in [6.45, 7) is 5.53. The molecule has 8 heteroatoms. The highest BCUT2D eigenvalue weighted by molar-refractivity contribution is 5.94. The number of hydrogen-bond acceptors (Lipinski definition) is 4. The average molecular weight is 409 g/mol. The molecular formula is C22H28N6O2. The van der Waals surface area contributed by atoms with E-state index in [4.69, 9.17) is 0 Å². The Bertz CT molecular complexity index is 1050. The molecule has 3 heterocycles. The molecule has 0 saturated carbocycles. The lowest BCUT2D eigenvalue weighted by Gasteiger charge is -2.16. The fraction of sp³-hybridized carbons (Fsp3) is 0.455. The number of amides is 1. The molecule has 1 atom stereocenters. The van der Waals surface area contributed by atoms with Crippen LogP contribution in [-0.2, 0) is 19.5 Å². The summed E-state index contributed by atoms with van der Waals surface area (Å²) in [5.74, 6) is 1.27. The molecule has 0 aliphatic carbocycles. The number of fused-ring (bicyclic) bond motifs is 1. The van der Waals surface area contributed by atoms with Crippen LogP contribution in [0.4, 0.5) is 0 Å². The lowest BCUT2D eigenvalue weighted by atomic mass is 10.1. The predicted molar refractivity (Wildman–Crippen MR) is 114 cm³/mol. The van der Waals surface area contributed by atoms with Crippen LogP contribution < -0.4 is 11.0 Å². The summed E-state index contributed by atoms with van der Waals surface area (Å²) in [6.07, 6.45) is 8.43. The Hall–Kier alpha value is -3.16. The van der Waals surface area contributed by atoms with Crippen LogP contribution in [0, 0.1) is 5.92 Å². The number of nitrogens with zero attached hydrogens (tertiary/aromatic N) is 5. The van der Waals surface area contributed by atoms with Gasteiger partial charge in [-0.3, -0.25) is 9.36 Å². The first-order chi connectivity index (χ1) is 14.5. The average Bonchev–Trinajstić information content (AvgIpc) is 3.32. The summed E-state index contributed by atoms with van der Waals surface area (Å²) >= 11 is 0. The van der Waals surface area contributed by atoms with E-state index < -0.39 is 0 Å². The molecule has 1 aliphatic rings. The molecule has 30 heavy (non-hydrogen) atoms. The first kappa shape index (κ1) is 20.1. The van der Waals surface area contributed by atoms with Gasteiger partial charge in [-0.05, 0) is 49.4 Å². The smallest absolute Gasteiger partial charge is 0.345 e. The van der Waals surface area contributed by atoms with Gasteiger partial charge in [0.25, 0.3) is 5.91 Å². The summed E-state index contributed by atoms with van der Waals surface area (Å²) in [5.41, 5.74) is 1.54.